The Kier molecular flexibility index (Phi) is 4.63. The highest BCUT2D eigenvalue weighted by molar-refractivity contribution is 8.26. The first-order valence-electron chi connectivity index (χ1n) is 6.78. The van der Waals surface area contributed by atoms with Gasteiger partial charge in [-0.1, -0.05) is 11.8 Å². The average Bonchev–Trinajstić information content (AvgIpc) is 3.16. The van der Waals surface area contributed by atoms with Gasteiger partial charge in [-0.2, -0.15) is 10.1 Å². The first-order valence-corrected chi connectivity index (χ1v) is 8.01. The Hall–Kier alpha value is -2.98. The molecule has 0 radical (unpaired) electrons. The molecule has 0 spiro atoms. The summed E-state index contributed by atoms with van der Waals surface area (Å²) >= 11 is 6.17. The molecule has 0 atom stereocenters. The molecule has 1 saturated heterocycles. The number of benzene rings is 1. The molecule has 1 aromatic carbocycles. The summed E-state index contributed by atoms with van der Waals surface area (Å²) in [5.41, 5.74) is -0.111. The maximum atomic E-state index is 12.3. The molecule has 8 nitrogen and oxygen atoms in total. The predicted molar refractivity (Wildman–Crippen MR) is 96.1 cm³/mol. The van der Waals surface area contributed by atoms with Gasteiger partial charge in [-0.25, -0.2) is 0 Å². The lowest BCUT2D eigenvalue weighted by Crippen LogP contribution is -2.22. The highest BCUT2D eigenvalue weighted by Crippen LogP contribution is 2.33. The van der Waals surface area contributed by atoms with E-state index < -0.39 is 10.8 Å². The van der Waals surface area contributed by atoms with Crippen LogP contribution in [0.5, 0.6) is 5.75 Å². The maximum Gasteiger partial charge on any atom is 0.286 e. The lowest BCUT2D eigenvalue weighted by molar-refractivity contribution is -0.384. The van der Waals surface area contributed by atoms with E-state index >= 15 is 0 Å². The van der Waals surface area contributed by atoms with Crippen LogP contribution in [0.2, 0.25) is 0 Å². The van der Waals surface area contributed by atoms with Crippen LogP contribution in [0.1, 0.15) is 11.3 Å². The zero-order valence-corrected chi connectivity index (χ0v) is 14.0. The van der Waals surface area contributed by atoms with Crippen LogP contribution in [0.3, 0.4) is 0 Å². The van der Waals surface area contributed by atoms with Crippen molar-refractivity contribution in [1.29, 1.82) is 0 Å². The first kappa shape index (κ1) is 16.9. The third-order valence-corrected chi connectivity index (χ3v) is 4.41. The summed E-state index contributed by atoms with van der Waals surface area (Å²) in [7, 11) is 0. The number of furan rings is 1. The van der Waals surface area contributed by atoms with Gasteiger partial charge < -0.3 is 9.52 Å². The van der Waals surface area contributed by atoms with Gasteiger partial charge in [0.2, 0.25) is 0 Å². The molecule has 126 valence electrons. The number of amides is 1. The van der Waals surface area contributed by atoms with Gasteiger partial charge in [-0.15, -0.1) is 0 Å². The number of phenols is 1. The van der Waals surface area contributed by atoms with Crippen molar-refractivity contribution in [3.05, 3.63) is 62.9 Å². The van der Waals surface area contributed by atoms with Crippen LogP contribution in [0.4, 0.5) is 5.69 Å². The van der Waals surface area contributed by atoms with E-state index in [1.807, 2.05) is 0 Å². The lowest BCUT2D eigenvalue weighted by atomic mass is 10.2. The summed E-state index contributed by atoms with van der Waals surface area (Å²) in [6.07, 6.45) is 4.17. The number of non-ortho nitro benzene ring substituents is 1. The maximum absolute atomic E-state index is 12.3. The van der Waals surface area contributed by atoms with E-state index in [9.17, 15) is 20.0 Å². The third kappa shape index (κ3) is 3.59. The number of hydrazone groups is 1. The summed E-state index contributed by atoms with van der Waals surface area (Å²) in [6, 6.07) is 6.88. The molecular formula is C15H9N3O5S2. The molecule has 0 saturated carbocycles. The summed E-state index contributed by atoms with van der Waals surface area (Å²) in [5, 5.41) is 25.5. The Labute approximate surface area is 150 Å². The molecule has 0 bridgehead atoms. The van der Waals surface area contributed by atoms with Crippen LogP contribution in [0.15, 0.2) is 51.0 Å². The van der Waals surface area contributed by atoms with Crippen molar-refractivity contribution in [2.45, 2.75) is 0 Å². The number of thiocarbonyl (C=S) groups is 1. The van der Waals surface area contributed by atoms with E-state index in [0.717, 1.165) is 29.1 Å². The highest BCUT2D eigenvalue weighted by Gasteiger charge is 2.32. The minimum atomic E-state index is -0.595. The second-order valence-corrected chi connectivity index (χ2v) is 6.43. The summed E-state index contributed by atoms with van der Waals surface area (Å²) < 4.78 is 5.35. The van der Waals surface area contributed by atoms with Gasteiger partial charge in [0.25, 0.3) is 11.6 Å². The largest absolute Gasteiger partial charge is 0.507 e. The summed E-state index contributed by atoms with van der Waals surface area (Å²) in [5.74, 6) is -0.153. The molecule has 10 heteroatoms. The van der Waals surface area contributed by atoms with Crippen LogP contribution in [0.25, 0.3) is 6.08 Å². The van der Waals surface area contributed by atoms with E-state index in [-0.39, 0.29) is 21.3 Å². The molecule has 2 aromatic rings. The minimum Gasteiger partial charge on any atom is -0.507 e. The normalized spacial score (nSPS) is 16.3. The smallest absolute Gasteiger partial charge is 0.286 e. The van der Waals surface area contributed by atoms with Crippen LogP contribution in [-0.4, -0.2) is 31.5 Å². The van der Waals surface area contributed by atoms with Gasteiger partial charge in [0.05, 0.1) is 22.3 Å². The molecule has 1 aliphatic heterocycles. The van der Waals surface area contributed by atoms with Gasteiger partial charge in [0.1, 0.15) is 11.5 Å². The van der Waals surface area contributed by atoms with Gasteiger partial charge in [0, 0.05) is 23.8 Å². The number of rotatable bonds is 4. The van der Waals surface area contributed by atoms with Crippen molar-refractivity contribution in [3.63, 3.8) is 0 Å². The second kappa shape index (κ2) is 6.87. The lowest BCUT2D eigenvalue weighted by Gasteiger charge is -2.06. The van der Waals surface area contributed by atoms with E-state index in [1.54, 1.807) is 18.2 Å². The summed E-state index contributed by atoms with van der Waals surface area (Å²) in [6.45, 7) is 0. The van der Waals surface area contributed by atoms with Crippen LogP contribution < -0.4 is 0 Å². The average molecular weight is 375 g/mol. The Morgan fingerprint density at radius 3 is 2.88 bits per heavy atom. The van der Waals surface area contributed by atoms with Crippen molar-refractivity contribution >= 4 is 52.2 Å². The number of aromatic hydroxyl groups is 1. The molecule has 2 heterocycles. The predicted octanol–water partition coefficient (Wildman–Crippen LogP) is 3.13. The van der Waals surface area contributed by atoms with E-state index in [4.69, 9.17) is 16.6 Å². The standard InChI is InChI=1S/C15H9N3O5S2/c19-12-4-3-10(18(21)22)6-9(12)8-16-17-14(20)13(25-15(17)24)7-11-2-1-5-23-11/h1-8,19H/b13-7?,16-8+. The van der Waals surface area contributed by atoms with Crippen molar-refractivity contribution < 1.29 is 19.2 Å². The number of hydrogen-bond acceptors (Lipinski definition) is 8. The monoisotopic (exact) mass is 375 g/mol. The van der Waals surface area contributed by atoms with Crippen molar-refractivity contribution in [3.8, 4) is 5.75 Å². The van der Waals surface area contributed by atoms with E-state index in [1.165, 1.54) is 18.4 Å². The molecular weight excluding hydrogens is 366 g/mol. The molecule has 25 heavy (non-hydrogen) atoms. The second-order valence-electron chi connectivity index (χ2n) is 4.75. The Morgan fingerprint density at radius 2 is 2.20 bits per heavy atom. The molecule has 3 rings (SSSR count). The van der Waals surface area contributed by atoms with Gasteiger partial charge in [0.15, 0.2) is 4.32 Å². The number of carbonyl (C=O) groups excluding carboxylic acids is 1. The molecule has 1 fully saturated rings. The molecule has 0 unspecified atom stereocenters. The number of nitrogens with zero attached hydrogens (tertiary/aromatic N) is 3. The number of phenolic OH excluding ortho intramolecular Hbond substituents is 1. The number of nitro groups is 1. The number of thioether (sulfide) groups is 1. The Balaban J connectivity index is 1.84. The van der Waals surface area contributed by atoms with Gasteiger partial charge in [-0.05, 0) is 30.4 Å². The molecule has 1 amide bonds. The Morgan fingerprint density at radius 1 is 1.40 bits per heavy atom. The quantitative estimate of drug-likeness (QED) is 0.287. The van der Waals surface area contributed by atoms with Crippen molar-refractivity contribution in [2.75, 3.05) is 0 Å². The Bertz CT molecular complexity index is 921. The molecule has 0 aliphatic carbocycles. The highest BCUT2D eigenvalue weighted by atomic mass is 32.2. The fourth-order valence-electron chi connectivity index (χ4n) is 1.94. The topological polar surface area (TPSA) is 109 Å². The number of nitro benzene ring substituents is 1. The third-order valence-electron chi connectivity index (χ3n) is 3.12. The SMILES string of the molecule is O=C1C(=Cc2ccco2)SC(=S)N1/N=C/c1cc([N+](=O)[O-])ccc1O. The van der Waals surface area contributed by atoms with Crippen LogP contribution in [-0.2, 0) is 4.79 Å². The molecule has 1 aromatic heterocycles. The summed E-state index contributed by atoms with van der Waals surface area (Å²) in [4.78, 5) is 22.9. The van der Waals surface area contributed by atoms with Crippen LogP contribution >= 0.6 is 24.0 Å². The van der Waals surface area contributed by atoms with Gasteiger partial charge >= 0.3 is 0 Å². The van der Waals surface area contributed by atoms with Crippen molar-refractivity contribution in [1.82, 2.24) is 5.01 Å². The van der Waals surface area contributed by atoms with Crippen LogP contribution in [0, 0.1) is 10.1 Å². The minimum absolute atomic E-state index is 0.0956. The molecule has 1 aliphatic rings. The van der Waals surface area contributed by atoms with E-state index in [0.29, 0.717) is 10.7 Å². The first-order chi connectivity index (χ1) is 12.0. The number of carbonyl (C=O) groups is 1. The van der Waals surface area contributed by atoms with Crippen molar-refractivity contribution in [2.24, 2.45) is 5.10 Å². The fraction of sp³-hybridized carbons (Fsp3) is 0. The zero-order chi connectivity index (χ0) is 18.0. The van der Waals surface area contributed by atoms with Gasteiger partial charge in [-0.3, -0.25) is 14.9 Å². The molecule has 1 N–H and O–H groups in total. The zero-order valence-electron chi connectivity index (χ0n) is 12.4. The fourth-order valence-corrected chi connectivity index (χ4v) is 3.09. The van der Waals surface area contributed by atoms with E-state index in [2.05, 4.69) is 5.10 Å². The number of hydrogen-bond donors (Lipinski definition) is 1.